The van der Waals surface area contributed by atoms with Gasteiger partial charge in [-0.15, -0.1) is 0 Å². The Morgan fingerprint density at radius 1 is 1.06 bits per heavy atom. The van der Waals surface area contributed by atoms with Crippen LogP contribution in [0.1, 0.15) is 17.2 Å². The third kappa shape index (κ3) is 3.85. The maximum Gasteiger partial charge on any atom is 0.300 e. The first-order valence-corrected chi connectivity index (χ1v) is 11.1. The summed E-state index contributed by atoms with van der Waals surface area (Å²) < 4.78 is 31.3. The third-order valence-corrected chi connectivity index (χ3v) is 6.17. The summed E-state index contributed by atoms with van der Waals surface area (Å²) in [4.78, 5) is 27.6. The van der Waals surface area contributed by atoms with Crippen molar-refractivity contribution in [3.05, 3.63) is 88.2 Å². The van der Waals surface area contributed by atoms with Crippen molar-refractivity contribution in [1.29, 1.82) is 0 Å². The van der Waals surface area contributed by atoms with E-state index in [0.717, 1.165) is 4.90 Å². The molecular weight excluding hydrogens is 477 g/mol. The van der Waals surface area contributed by atoms with Crippen LogP contribution < -0.4 is 19.1 Å². The number of nitrogens with zero attached hydrogens (tertiary/aromatic N) is 1. The molecule has 0 aliphatic carbocycles. The number of fused-ring (bicyclic) bond motifs is 1. The van der Waals surface area contributed by atoms with Crippen LogP contribution in [-0.2, 0) is 9.59 Å². The lowest BCUT2D eigenvalue weighted by molar-refractivity contribution is -0.132. The Kier molecular flexibility index (Phi) is 5.82. The van der Waals surface area contributed by atoms with Crippen molar-refractivity contribution in [3.63, 3.8) is 0 Å². The van der Waals surface area contributed by atoms with Crippen molar-refractivity contribution in [2.45, 2.75) is 6.04 Å². The van der Waals surface area contributed by atoms with Crippen LogP contribution in [-0.4, -0.2) is 37.1 Å². The monoisotopic (exact) mass is 495 g/mol. The predicted molar refractivity (Wildman–Crippen MR) is 127 cm³/mol. The van der Waals surface area contributed by atoms with Crippen molar-refractivity contribution in [1.82, 2.24) is 0 Å². The topological polar surface area (TPSA) is 85.3 Å². The molecule has 3 aromatic carbocycles. The molecule has 0 saturated carbocycles. The number of carbonyl (C=O) groups is 2. The van der Waals surface area contributed by atoms with E-state index < -0.39 is 29.3 Å². The average Bonchev–Trinajstić information content (AvgIpc) is 3.13. The number of aliphatic hydroxyl groups is 1. The number of carbonyl (C=O) groups excluding carboxylic acids is 2. The van der Waals surface area contributed by atoms with Gasteiger partial charge in [0.25, 0.3) is 11.7 Å². The number of Topliss-reactive ketones (excluding diaryl/α,β-unsaturated/α-hetero) is 1. The predicted octanol–water partition coefficient (Wildman–Crippen LogP) is 4.89. The molecule has 7 nitrogen and oxygen atoms in total. The Balaban J connectivity index is 1.71. The summed E-state index contributed by atoms with van der Waals surface area (Å²) in [6.07, 6.45) is 0. The van der Waals surface area contributed by atoms with Crippen LogP contribution >= 0.6 is 11.6 Å². The molecule has 2 aliphatic rings. The Hall–Kier alpha value is -4.04. The van der Waals surface area contributed by atoms with Crippen LogP contribution in [0.4, 0.5) is 10.1 Å². The minimum atomic E-state index is -1.24. The second-order valence-corrected chi connectivity index (χ2v) is 8.28. The highest BCUT2D eigenvalue weighted by Crippen LogP contribution is 2.45. The van der Waals surface area contributed by atoms with E-state index in [1.807, 2.05) is 0 Å². The molecule has 0 aromatic heterocycles. The number of ether oxygens (including phenoxy) is 3. The van der Waals surface area contributed by atoms with Crippen LogP contribution in [0.15, 0.2) is 66.2 Å². The zero-order valence-corrected chi connectivity index (χ0v) is 19.2. The summed E-state index contributed by atoms with van der Waals surface area (Å²) in [5, 5.41) is 11.4. The maximum absolute atomic E-state index is 15.0. The summed E-state index contributed by atoms with van der Waals surface area (Å²) in [7, 11) is 1.44. The Labute approximate surface area is 204 Å². The second-order valence-electron chi connectivity index (χ2n) is 7.87. The molecular formula is C26H19ClFNO6. The van der Waals surface area contributed by atoms with E-state index >= 15 is 4.39 Å². The molecule has 0 bridgehead atoms. The van der Waals surface area contributed by atoms with Crippen molar-refractivity contribution in [2.24, 2.45) is 0 Å². The number of methoxy groups -OCH3 is 1. The lowest BCUT2D eigenvalue weighted by Gasteiger charge is -2.26. The van der Waals surface area contributed by atoms with Crippen molar-refractivity contribution < 1.29 is 33.3 Å². The Morgan fingerprint density at radius 3 is 2.51 bits per heavy atom. The van der Waals surface area contributed by atoms with Gasteiger partial charge in [0.05, 0.1) is 23.7 Å². The van der Waals surface area contributed by atoms with Crippen molar-refractivity contribution in [3.8, 4) is 17.2 Å². The first kappa shape index (κ1) is 22.7. The lowest BCUT2D eigenvalue weighted by Crippen LogP contribution is -2.29. The number of aliphatic hydroxyl groups excluding tert-OH is 1. The maximum atomic E-state index is 15.0. The van der Waals surface area contributed by atoms with E-state index in [9.17, 15) is 14.7 Å². The van der Waals surface area contributed by atoms with Gasteiger partial charge in [-0.2, -0.15) is 0 Å². The summed E-state index contributed by atoms with van der Waals surface area (Å²) in [6.45, 7) is 0.718. The highest BCUT2D eigenvalue weighted by molar-refractivity contribution is 6.51. The van der Waals surface area contributed by atoms with E-state index in [0.29, 0.717) is 30.5 Å². The van der Waals surface area contributed by atoms with Gasteiger partial charge in [-0.25, -0.2) is 4.39 Å². The molecule has 1 amide bonds. The van der Waals surface area contributed by atoms with Gasteiger partial charge in [-0.3, -0.25) is 14.5 Å². The standard InChI is InChI=1S/C26H19ClFNO6/c1-33-19-9-7-15(13-17(19)27)29-23(16-4-2-3-5-18(16)28)22(25(31)26(29)32)24(30)14-6-8-20-21(12-14)35-11-10-34-20/h2-9,12-13,23,30H,10-11H2,1H3/b24-22+. The number of halogens is 2. The van der Waals surface area contributed by atoms with Crippen molar-refractivity contribution in [2.75, 3.05) is 25.2 Å². The molecule has 3 aromatic rings. The molecule has 1 unspecified atom stereocenters. The Morgan fingerprint density at radius 2 is 1.80 bits per heavy atom. The van der Waals surface area contributed by atoms with Crippen molar-refractivity contribution >= 4 is 34.7 Å². The fourth-order valence-electron chi connectivity index (χ4n) is 4.24. The smallest absolute Gasteiger partial charge is 0.300 e. The van der Waals surface area contributed by atoms with Gasteiger partial charge < -0.3 is 19.3 Å². The largest absolute Gasteiger partial charge is 0.507 e. The SMILES string of the molecule is COc1ccc(N2C(=O)C(=O)/C(=C(/O)c3ccc4c(c3)OCCO4)C2c2ccccc2F)cc1Cl. The quantitative estimate of drug-likeness (QED) is 0.315. The van der Waals surface area contributed by atoms with Gasteiger partial charge in [0, 0.05) is 16.8 Å². The van der Waals surface area contributed by atoms with E-state index in [4.69, 9.17) is 25.8 Å². The number of anilines is 1. The minimum absolute atomic E-state index is 0.0396. The molecule has 1 saturated heterocycles. The highest BCUT2D eigenvalue weighted by Gasteiger charge is 2.48. The average molecular weight is 496 g/mol. The summed E-state index contributed by atoms with van der Waals surface area (Å²) in [6, 6.07) is 13.7. The molecule has 0 spiro atoms. The summed E-state index contributed by atoms with van der Waals surface area (Å²) in [5.74, 6) is -1.75. The number of hydrogen-bond donors (Lipinski definition) is 1. The van der Waals surface area contributed by atoms with Crippen LogP contribution in [0, 0.1) is 5.82 Å². The molecule has 1 atom stereocenters. The second kappa shape index (κ2) is 8.96. The number of rotatable bonds is 4. The normalized spacial score (nSPS) is 18.6. The number of hydrogen-bond acceptors (Lipinski definition) is 6. The molecule has 2 aliphatic heterocycles. The molecule has 0 radical (unpaired) electrons. The first-order valence-electron chi connectivity index (χ1n) is 10.7. The Bertz CT molecular complexity index is 1390. The van der Waals surface area contributed by atoms with E-state index in [1.54, 1.807) is 18.2 Å². The third-order valence-electron chi connectivity index (χ3n) is 5.87. The van der Waals surface area contributed by atoms with Crippen LogP contribution in [0.25, 0.3) is 5.76 Å². The lowest BCUT2D eigenvalue weighted by atomic mass is 9.94. The number of benzene rings is 3. The fourth-order valence-corrected chi connectivity index (χ4v) is 4.49. The van der Waals surface area contributed by atoms with Gasteiger partial charge in [0.1, 0.15) is 30.5 Å². The molecule has 9 heteroatoms. The molecule has 1 fully saturated rings. The minimum Gasteiger partial charge on any atom is -0.507 e. The molecule has 2 heterocycles. The van der Waals surface area contributed by atoms with Gasteiger partial charge >= 0.3 is 0 Å². The van der Waals surface area contributed by atoms with E-state index in [2.05, 4.69) is 0 Å². The number of amides is 1. The van der Waals surface area contributed by atoms with Gasteiger partial charge in [-0.1, -0.05) is 29.8 Å². The summed E-state index contributed by atoms with van der Waals surface area (Å²) >= 11 is 6.27. The van der Waals surface area contributed by atoms with Crippen LogP contribution in [0.3, 0.4) is 0 Å². The van der Waals surface area contributed by atoms with Gasteiger partial charge in [-0.05, 0) is 42.5 Å². The highest BCUT2D eigenvalue weighted by atomic mass is 35.5. The van der Waals surface area contributed by atoms with E-state index in [1.165, 1.54) is 49.6 Å². The summed E-state index contributed by atoms with van der Waals surface area (Å²) in [5.41, 5.74) is 0.246. The fraction of sp³-hybridized carbons (Fsp3) is 0.154. The van der Waals surface area contributed by atoms with Gasteiger partial charge in [0.15, 0.2) is 11.5 Å². The zero-order valence-electron chi connectivity index (χ0n) is 18.5. The number of ketones is 1. The van der Waals surface area contributed by atoms with Gasteiger partial charge in [0.2, 0.25) is 0 Å². The first-order chi connectivity index (χ1) is 16.9. The molecule has 5 rings (SSSR count). The molecule has 1 N–H and O–H groups in total. The molecule has 35 heavy (non-hydrogen) atoms. The zero-order chi connectivity index (χ0) is 24.7. The van der Waals surface area contributed by atoms with E-state index in [-0.39, 0.29) is 27.4 Å². The van der Waals surface area contributed by atoms with Crippen LogP contribution in [0.2, 0.25) is 5.02 Å². The molecule has 178 valence electrons. The van der Waals surface area contributed by atoms with Crippen LogP contribution in [0.5, 0.6) is 17.2 Å².